The van der Waals surface area contributed by atoms with E-state index >= 15 is 0 Å². The van der Waals surface area contributed by atoms with E-state index in [9.17, 15) is 9.90 Å². The van der Waals surface area contributed by atoms with Crippen molar-refractivity contribution in [2.45, 2.75) is 25.4 Å². The van der Waals surface area contributed by atoms with Crippen LogP contribution in [0.5, 0.6) is 0 Å². The zero-order valence-corrected chi connectivity index (χ0v) is 12.5. The van der Waals surface area contributed by atoms with Gasteiger partial charge in [0.1, 0.15) is 0 Å². The molecule has 1 unspecified atom stereocenters. The fraction of sp³-hybridized carbons (Fsp3) is 0.312. The van der Waals surface area contributed by atoms with Gasteiger partial charge in [0.15, 0.2) is 6.10 Å². The van der Waals surface area contributed by atoms with E-state index in [0.29, 0.717) is 12.1 Å². The Kier molecular flexibility index (Phi) is 4.57. The topological polar surface area (TPSA) is 49.3 Å². The van der Waals surface area contributed by atoms with Gasteiger partial charge < -0.3 is 10.4 Å². The molecule has 0 fully saturated rings. The fourth-order valence-corrected chi connectivity index (χ4v) is 2.79. The second-order valence-electron chi connectivity index (χ2n) is 5.39. The Morgan fingerprint density at radius 2 is 1.95 bits per heavy atom. The highest BCUT2D eigenvalue weighted by Gasteiger charge is 2.24. The molecule has 1 aromatic carbocycles. The van der Waals surface area contributed by atoms with Crippen molar-refractivity contribution < 1.29 is 9.90 Å². The number of benzene rings is 1. The van der Waals surface area contributed by atoms with Crippen molar-refractivity contribution in [2.24, 2.45) is 0 Å². The van der Waals surface area contributed by atoms with Gasteiger partial charge in [0, 0.05) is 16.8 Å². The highest BCUT2D eigenvalue weighted by atomic mass is 32.1. The first kappa shape index (κ1) is 14.8. The van der Waals surface area contributed by atoms with Crippen molar-refractivity contribution in [3.8, 4) is 0 Å². The maximum Gasteiger partial charge on any atom is 0.253 e. The van der Waals surface area contributed by atoms with E-state index in [1.807, 2.05) is 17.5 Å². The molecule has 2 rings (SSSR count). The molecule has 0 aliphatic heterocycles. The fourth-order valence-electron chi connectivity index (χ4n) is 1.94. The second-order valence-corrected chi connectivity index (χ2v) is 6.34. The molecule has 20 heavy (non-hydrogen) atoms. The smallest absolute Gasteiger partial charge is 0.253 e. The van der Waals surface area contributed by atoms with Gasteiger partial charge in [-0.25, -0.2) is 0 Å². The molecule has 4 heteroatoms. The summed E-state index contributed by atoms with van der Waals surface area (Å²) in [6.07, 6.45) is -1.12. The monoisotopic (exact) mass is 289 g/mol. The Bertz CT molecular complexity index is 549. The second kappa shape index (κ2) is 6.20. The lowest BCUT2D eigenvalue weighted by molar-refractivity contribution is -0.129. The molecule has 2 N–H and O–H groups in total. The third-order valence-corrected chi connectivity index (χ3v) is 4.49. The Hall–Kier alpha value is -1.65. The minimum Gasteiger partial charge on any atom is -0.378 e. The molecule has 0 bridgehead atoms. The zero-order chi connectivity index (χ0) is 14.6. The van der Waals surface area contributed by atoms with Crippen molar-refractivity contribution >= 4 is 17.2 Å². The van der Waals surface area contributed by atoms with Crippen LogP contribution in [0.2, 0.25) is 0 Å². The highest BCUT2D eigenvalue weighted by Crippen LogP contribution is 2.26. The first-order chi connectivity index (χ1) is 9.50. The third-order valence-electron chi connectivity index (χ3n) is 3.26. The molecular weight excluding hydrogens is 270 g/mol. The van der Waals surface area contributed by atoms with Gasteiger partial charge in [0.25, 0.3) is 5.91 Å². The number of thiophene rings is 1. The molecule has 1 amide bonds. The number of hydrogen-bond donors (Lipinski definition) is 2. The van der Waals surface area contributed by atoms with Crippen LogP contribution in [-0.2, 0) is 10.2 Å². The van der Waals surface area contributed by atoms with Crippen LogP contribution in [0.1, 0.15) is 30.4 Å². The molecule has 0 aliphatic rings. The van der Waals surface area contributed by atoms with E-state index in [-0.39, 0.29) is 11.3 Å². The molecule has 106 valence electrons. The predicted octanol–water partition coefficient (Wildman–Crippen LogP) is 2.88. The number of rotatable bonds is 5. The Balaban J connectivity index is 1.96. The van der Waals surface area contributed by atoms with Gasteiger partial charge in [-0.15, -0.1) is 11.3 Å². The summed E-state index contributed by atoms with van der Waals surface area (Å²) in [7, 11) is 0. The molecule has 3 nitrogen and oxygen atoms in total. The molecule has 0 spiro atoms. The van der Waals surface area contributed by atoms with Crippen molar-refractivity contribution in [1.82, 2.24) is 5.32 Å². The largest absolute Gasteiger partial charge is 0.378 e. The summed E-state index contributed by atoms with van der Waals surface area (Å²) in [6.45, 7) is 4.65. The van der Waals surface area contributed by atoms with E-state index in [2.05, 4.69) is 25.2 Å². The van der Waals surface area contributed by atoms with Crippen molar-refractivity contribution in [3.63, 3.8) is 0 Å². The van der Waals surface area contributed by atoms with Crippen molar-refractivity contribution in [2.75, 3.05) is 6.54 Å². The normalized spacial score (nSPS) is 12.9. The van der Waals surface area contributed by atoms with Crippen LogP contribution in [-0.4, -0.2) is 17.6 Å². The number of amides is 1. The molecule has 1 atom stereocenters. The summed E-state index contributed by atoms with van der Waals surface area (Å²) < 4.78 is 0. The van der Waals surface area contributed by atoms with Crippen LogP contribution < -0.4 is 5.32 Å². The maximum atomic E-state index is 12.0. The van der Waals surface area contributed by atoms with Gasteiger partial charge in [-0.05, 0) is 17.0 Å². The SMILES string of the molecule is CC(C)(CNC(=O)C(O)c1ccccc1)c1cccs1. The van der Waals surface area contributed by atoms with Gasteiger partial charge in [0.05, 0.1) is 0 Å². The summed E-state index contributed by atoms with van der Waals surface area (Å²) in [5.41, 5.74) is 0.471. The molecule has 0 radical (unpaired) electrons. The highest BCUT2D eigenvalue weighted by molar-refractivity contribution is 7.10. The summed E-state index contributed by atoms with van der Waals surface area (Å²) in [4.78, 5) is 13.2. The van der Waals surface area contributed by atoms with Crippen LogP contribution in [0.15, 0.2) is 47.8 Å². The lowest BCUT2D eigenvalue weighted by Gasteiger charge is -2.24. The van der Waals surface area contributed by atoms with Crippen molar-refractivity contribution in [3.05, 3.63) is 58.3 Å². The van der Waals surface area contributed by atoms with Gasteiger partial charge in [0.2, 0.25) is 0 Å². The van der Waals surface area contributed by atoms with E-state index in [0.717, 1.165) is 0 Å². The van der Waals surface area contributed by atoms with Crippen LogP contribution in [0.3, 0.4) is 0 Å². The summed E-state index contributed by atoms with van der Waals surface area (Å²) in [5, 5.41) is 14.9. The standard InChI is InChI=1S/C16H19NO2S/c1-16(2,13-9-6-10-20-13)11-17-15(19)14(18)12-7-4-3-5-8-12/h3-10,14,18H,11H2,1-2H3,(H,17,19). The Morgan fingerprint density at radius 3 is 2.55 bits per heavy atom. The van der Waals surface area contributed by atoms with Crippen LogP contribution in [0, 0.1) is 0 Å². The maximum absolute atomic E-state index is 12.0. The van der Waals surface area contributed by atoms with Crippen molar-refractivity contribution in [1.29, 1.82) is 0 Å². The third kappa shape index (κ3) is 3.46. The van der Waals surface area contributed by atoms with E-state index in [1.54, 1.807) is 35.6 Å². The molecule has 2 aromatic rings. The predicted molar refractivity (Wildman–Crippen MR) is 81.8 cm³/mol. The molecule has 0 saturated carbocycles. The number of hydrogen-bond acceptors (Lipinski definition) is 3. The van der Waals surface area contributed by atoms with Crippen LogP contribution in [0.25, 0.3) is 0 Å². The molecule has 0 saturated heterocycles. The van der Waals surface area contributed by atoms with Gasteiger partial charge in [-0.3, -0.25) is 4.79 Å². The summed E-state index contributed by atoms with van der Waals surface area (Å²) >= 11 is 1.67. The van der Waals surface area contributed by atoms with E-state index < -0.39 is 6.10 Å². The number of carbonyl (C=O) groups excluding carboxylic acids is 1. The number of nitrogens with one attached hydrogen (secondary N) is 1. The minimum atomic E-state index is -1.12. The quantitative estimate of drug-likeness (QED) is 0.889. The van der Waals surface area contributed by atoms with Gasteiger partial charge in [-0.1, -0.05) is 50.2 Å². The lowest BCUT2D eigenvalue weighted by Crippen LogP contribution is -2.38. The number of carbonyl (C=O) groups is 1. The number of aliphatic hydroxyl groups is 1. The summed E-state index contributed by atoms with van der Waals surface area (Å²) in [5.74, 6) is -0.360. The van der Waals surface area contributed by atoms with E-state index in [4.69, 9.17) is 0 Å². The van der Waals surface area contributed by atoms with Gasteiger partial charge in [-0.2, -0.15) is 0 Å². The van der Waals surface area contributed by atoms with E-state index in [1.165, 1.54) is 4.88 Å². The molecular formula is C16H19NO2S. The summed E-state index contributed by atoms with van der Waals surface area (Å²) in [6, 6.07) is 13.0. The molecule has 0 aliphatic carbocycles. The Morgan fingerprint density at radius 1 is 1.25 bits per heavy atom. The first-order valence-electron chi connectivity index (χ1n) is 6.55. The lowest BCUT2D eigenvalue weighted by atomic mass is 9.91. The van der Waals surface area contributed by atoms with Crippen LogP contribution >= 0.6 is 11.3 Å². The van der Waals surface area contributed by atoms with Crippen LogP contribution in [0.4, 0.5) is 0 Å². The molecule has 1 aromatic heterocycles. The molecule has 1 heterocycles. The Labute approximate surface area is 123 Å². The number of aliphatic hydroxyl groups excluding tert-OH is 1. The average Bonchev–Trinajstić information content (AvgIpc) is 3.00. The zero-order valence-electron chi connectivity index (χ0n) is 11.7. The van der Waals surface area contributed by atoms with Gasteiger partial charge >= 0.3 is 0 Å². The first-order valence-corrected chi connectivity index (χ1v) is 7.43. The average molecular weight is 289 g/mol. The minimum absolute atomic E-state index is 0.139.